The van der Waals surface area contributed by atoms with Crippen molar-refractivity contribution in [3.8, 4) is 10.6 Å². The number of benzene rings is 1. The Morgan fingerprint density at radius 1 is 1.08 bits per heavy atom. The molecule has 5 nitrogen and oxygen atoms in total. The minimum atomic E-state index is -0.162. The number of aryl methyl sites for hydroxylation is 2. The van der Waals surface area contributed by atoms with Crippen LogP contribution in [0.15, 0.2) is 41.8 Å². The van der Waals surface area contributed by atoms with Gasteiger partial charge < -0.3 is 0 Å². The molecular formula is C18H18N4OS. The number of carbonyl (C=O) groups excluding carboxylic acids is 1. The first-order chi connectivity index (χ1) is 11.6. The summed E-state index contributed by atoms with van der Waals surface area (Å²) in [5.74, 6) is 0.378. The lowest BCUT2D eigenvalue weighted by atomic mass is 10.2. The monoisotopic (exact) mass is 338 g/mol. The van der Waals surface area contributed by atoms with Crippen LogP contribution < -0.4 is 4.90 Å². The molecule has 0 aliphatic rings. The number of anilines is 1. The molecule has 122 valence electrons. The molecule has 24 heavy (non-hydrogen) atoms. The van der Waals surface area contributed by atoms with Crippen LogP contribution in [-0.2, 0) is 0 Å². The molecule has 1 aromatic carbocycles. The molecule has 0 fully saturated rings. The van der Waals surface area contributed by atoms with Crippen molar-refractivity contribution in [3.63, 3.8) is 0 Å². The first-order valence-electron chi connectivity index (χ1n) is 7.73. The Kier molecular flexibility index (Phi) is 4.66. The second-order valence-corrected chi connectivity index (χ2v) is 6.34. The van der Waals surface area contributed by atoms with Crippen LogP contribution in [0.1, 0.15) is 28.7 Å². The van der Waals surface area contributed by atoms with Gasteiger partial charge in [0, 0.05) is 17.5 Å². The molecule has 0 bridgehead atoms. The summed E-state index contributed by atoms with van der Waals surface area (Å²) in [6.07, 6.45) is 0. The van der Waals surface area contributed by atoms with E-state index in [1.807, 2.05) is 51.1 Å². The van der Waals surface area contributed by atoms with Crippen molar-refractivity contribution in [1.82, 2.24) is 15.2 Å². The number of rotatable bonds is 4. The molecule has 0 aliphatic carbocycles. The summed E-state index contributed by atoms with van der Waals surface area (Å²) in [5.41, 5.74) is 3.46. The fourth-order valence-corrected chi connectivity index (χ4v) is 3.08. The fourth-order valence-electron chi connectivity index (χ4n) is 2.28. The topological polar surface area (TPSA) is 59.0 Å². The first kappa shape index (κ1) is 16.3. The van der Waals surface area contributed by atoms with Crippen LogP contribution in [0.25, 0.3) is 10.6 Å². The predicted molar refractivity (Wildman–Crippen MR) is 96.4 cm³/mol. The molecule has 6 heteroatoms. The maximum absolute atomic E-state index is 12.8. The Hall–Kier alpha value is -2.60. The third kappa shape index (κ3) is 3.33. The van der Waals surface area contributed by atoms with Gasteiger partial charge in [0.15, 0.2) is 5.82 Å². The van der Waals surface area contributed by atoms with Crippen LogP contribution >= 0.6 is 11.3 Å². The normalized spacial score (nSPS) is 10.6. The quantitative estimate of drug-likeness (QED) is 0.724. The Labute approximate surface area is 145 Å². The average molecular weight is 338 g/mol. The molecule has 0 aliphatic heterocycles. The summed E-state index contributed by atoms with van der Waals surface area (Å²) in [7, 11) is 0. The first-order valence-corrected chi connectivity index (χ1v) is 8.61. The highest BCUT2D eigenvalue weighted by molar-refractivity contribution is 7.13. The molecular weight excluding hydrogens is 320 g/mol. The van der Waals surface area contributed by atoms with E-state index in [0.29, 0.717) is 18.1 Å². The molecule has 0 unspecified atom stereocenters. The molecule has 0 radical (unpaired) electrons. The highest BCUT2D eigenvalue weighted by atomic mass is 32.1. The molecule has 0 atom stereocenters. The van der Waals surface area contributed by atoms with E-state index < -0.39 is 0 Å². The van der Waals surface area contributed by atoms with Crippen LogP contribution in [0.5, 0.6) is 0 Å². The van der Waals surface area contributed by atoms with Gasteiger partial charge in [0.2, 0.25) is 0 Å². The van der Waals surface area contributed by atoms with Crippen molar-refractivity contribution in [1.29, 1.82) is 0 Å². The fraction of sp³-hybridized carbons (Fsp3) is 0.222. The number of hydrogen-bond donors (Lipinski definition) is 0. The second-order valence-electron chi connectivity index (χ2n) is 5.49. The molecule has 0 saturated carbocycles. The van der Waals surface area contributed by atoms with Crippen molar-refractivity contribution in [2.75, 3.05) is 11.4 Å². The molecule has 2 aromatic heterocycles. The van der Waals surface area contributed by atoms with E-state index in [4.69, 9.17) is 0 Å². The Morgan fingerprint density at radius 3 is 2.46 bits per heavy atom. The minimum Gasteiger partial charge on any atom is -0.290 e. The second kappa shape index (κ2) is 6.88. The number of aromatic nitrogens is 3. The zero-order valence-electron chi connectivity index (χ0n) is 13.9. The van der Waals surface area contributed by atoms with Crippen molar-refractivity contribution in [2.24, 2.45) is 0 Å². The largest absolute Gasteiger partial charge is 0.290 e. The van der Waals surface area contributed by atoms with Gasteiger partial charge in [-0.2, -0.15) is 5.10 Å². The summed E-state index contributed by atoms with van der Waals surface area (Å²) < 4.78 is 0. The predicted octanol–water partition coefficient (Wildman–Crippen LogP) is 3.88. The van der Waals surface area contributed by atoms with E-state index in [1.165, 1.54) is 16.9 Å². The smallest absolute Gasteiger partial charge is 0.278 e. The maximum Gasteiger partial charge on any atom is 0.278 e. The van der Waals surface area contributed by atoms with Gasteiger partial charge in [0.05, 0.1) is 5.69 Å². The van der Waals surface area contributed by atoms with Crippen molar-refractivity contribution < 1.29 is 4.79 Å². The van der Waals surface area contributed by atoms with Crippen molar-refractivity contribution in [3.05, 3.63) is 58.7 Å². The van der Waals surface area contributed by atoms with Gasteiger partial charge in [0.1, 0.15) is 10.7 Å². The third-order valence-corrected chi connectivity index (χ3v) is 4.53. The molecule has 2 heterocycles. The molecule has 0 saturated heterocycles. The zero-order valence-corrected chi connectivity index (χ0v) is 14.7. The summed E-state index contributed by atoms with van der Waals surface area (Å²) >= 11 is 1.47. The number of hydrogen-bond acceptors (Lipinski definition) is 5. The lowest BCUT2D eigenvalue weighted by Crippen LogP contribution is -2.31. The SMILES string of the molecule is CCN(C(=O)c1csc(-c2ccc(C)cc2)n1)c1ccc(C)nn1. The Morgan fingerprint density at radius 2 is 1.83 bits per heavy atom. The molecule has 1 amide bonds. The standard InChI is InChI=1S/C18H18N4OS/c1-4-22(16-10-7-13(3)20-21-16)18(23)15-11-24-17(19-15)14-8-5-12(2)6-9-14/h5-11H,4H2,1-3H3. The van der Waals surface area contributed by atoms with Crippen molar-refractivity contribution in [2.45, 2.75) is 20.8 Å². The third-order valence-electron chi connectivity index (χ3n) is 3.64. The highest BCUT2D eigenvalue weighted by Gasteiger charge is 2.20. The van der Waals surface area contributed by atoms with Gasteiger partial charge in [-0.15, -0.1) is 16.4 Å². The van der Waals surface area contributed by atoms with Gasteiger partial charge in [-0.25, -0.2) is 4.98 Å². The number of carbonyl (C=O) groups is 1. The van der Waals surface area contributed by atoms with Gasteiger partial charge in [-0.05, 0) is 32.9 Å². The van der Waals surface area contributed by atoms with Gasteiger partial charge in [-0.1, -0.05) is 29.8 Å². The number of amides is 1. The van der Waals surface area contributed by atoms with Gasteiger partial charge in [-0.3, -0.25) is 9.69 Å². The lowest BCUT2D eigenvalue weighted by Gasteiger charge is -2.18. The minimum absolute atomic E-state index is 0.162. The lowest BCUT2D eigenvalue weighted by molar-refractivity contribution is 0.0983. The summed E-state index contributed by atoms with van der Waals surface area (Å²) in [6, 6.07) is 11.8. The van der Waals surface area contributed by atoms with Crippen molar-refractivity contribution >= 4 is 23.1 Å². The van der Waals surface area contributed by atoms with E-state index >= 15 is 0 Å². The van der Waals surface area contributed by atoms with Crippen LogP contribution in [0.4, 0.5) is 5.82 Å². The molecule has 3 rings (SSSR count). The van der Waals surface area contributed by atoms with Gasteiger partial charge >= 0.3 is 0 Å². The molecule has 3 aromatic rings. The van der Waals surface area contributed by atoms with E-state index in [0.717, 1.165) is 16.3 Å². The van der Waals surface area contributed by atoms with Crippen LogP contribution in [0.3, 0.4) is 0 Å². The molecule has 0 spiro atoms. The van der Waals surface area contributed by atoms with E-state index in [1.54, 1.807) is 16.3 Å². The Balaban J connectivity index is 1.86. The van der Waals surface area contributed by atoms with Gasteiger partial charge in [0.25, 0.3) is 5.91 Å². The molecule has 0 N–H and O–H groups in total. The number of thiazole rings is 1. The van der Waals surface area contributed by atoms with Crippen LogP contribution in [-0.4, -0.2) is 27.6 Å². The highest BCUT2D eigenvalue weighted by Crippen LogP contribution is 2.25. The van der Waals surface area contributed by atoms with E-state index in [2.05, 4.69) is 15.2 Å². The van der Waals surface area contributed by atoms with E-state index in [-0.39, 0.29) is 5.91 Å². The van der Waals surface area contributed by atoms with Crippen LogP contribution in [0.2, 0.25) is 0 Å². The number of nitrogens with zero attached hydrogens (tertiary/aromatic N) is 4. The van der Waals surface area contributed by atoms with E-state index in [9.17, 15) is 4.79 Å². The summed E-state index contributed by atoms with van der Waals surface area (Å²) in [6.45, 7) is 6.33. The zero-order chi connectivity index (χ0) is 17.1. The summed E-state index contributed by atoms with van der Waals surface area (Å²) in [4.78, 5) is 18.8. The average Bonchev–Trinajstić information content (AvgIpc) is 3.08. The maximum atomic E-state index is 12.8. The Bertz CT molecular complexity index is 840. The summed E-state index contributed by atoms with van der Waals surface area (Å²) in [5, 5.41) is 10.8. The van der Waals surface area contributed by atoms with Crippen LogP contribution in [0, 0.1) is 13.8 Å².